The van der Waals surface area contributed by atoms with Crippen molar-refractivity contribution in [1.29, 1.82) is 0 Å². The van der Waals surface area contributed by atoms with Crippen molar-refractivity contribution in [2.24, 2.45) is 0 Å². The first-order valence-electron chi connectivity index (χ1n) is 4.87. The molecule has 1 rings (SSSR count). The molecule has 1 amide bonds. The van der Waals surface area contributed by atoms with E-state index in [1.807, 2.05) is 0 Å². The Labute approximate surface area is 108 Å². The Morgan fingerprint density at radius 1 is 1.38 bits per heavy atom. The average Bonchev–Trinajstić information content (AvgIpc) is 2.29. The number of carbonyl (C=O) groups is 1. The van der Waals surface area contributed by atoms with Crippen LogP contribution in [-0.4, -0.2) is 23.5 Å². The van der Waals surface area contributed by atoms with Crippen LogP contribution >= 0.6 is 22.6 Å². The van der Waals surface area contributed by atoms with Gasteiger partial charge in [-0.2, -0.15) is 0 Å². The van der Waals surface area contributed by atoms with Gasteiger partial charge in [0.25, 0.3) is 0 Å². The summed E-state index contributed by atoms with van der Waals surface area (Å²) < 4.78 is 18.6. The predicted octanol–water partition coefficient (Wildman–Crippen LogP) is 1.89. The number of alkyl halides is 1. The van der Waals surface area contributed by atoms with Crippen LogP contribution in [0.1, 0.15) is 5.56 Å². The molecule has 1 aromatic carbocycles. The minimum Gasteiger partial charge on any atom is -0.367 e. The van der Waals surface area contributed by atoms with Gasteiger partial charge in [0.2, 0.25) is 5.91 Å². The summed E-state index contributed by atoms with van der Waals surface area (Å²) in [5, 5.41) is 2.70. The number of nitrogens with one attached hydrogen (secondary N) is 1. The number of hydrogen-bond acceptors (Lipinski definition) is 2. The van der Waals surface area contributed by atoms with Crippen LogP contribution in [0.5, 0.6) is 0 Å². The Morgan fingerprint density at radius 3 is 2.69 bits per heavy atom. The standard InChI is InChI=1S/C11H13FINO2/c12-10-3-1-9(2-4-10)7-16-8-11(15)14-6-5-13/h1-4H,5-8H2,(H,14,15). The molecule has 16 heavy (non-hydrogen) atoms. The molecule has 5 heteroatoms. The van der Waals surface area contributed by atoms with Gasteiger partial charge in [-0.15, -0.1) is 0 Å². The summed E-state index contributed by atoms with van der Waals surface area (Å²) in [6.45, 7) is 1.01. The van der Waals surface area contributed by atoms with Gasteiger partial charge in [0.1, 0.15) is 12.4 Å². The van der Waals surface area contributed by atoms with Gasteiger partial charge in [0, 0.05) is 11.0 Å². The van der Waals surface area contributed by atoms with E-state index in [-0.39, 0.29) is 18.3 Å². The number of hydrogen-bond donors (Lipinski definition) is 1. The summed E-state index contributed by atoms with van der Waals surface area (Å²) in [6.07, 6.45) is 0. The van der Waals surface area contributed by atoms with E-state index in [0.717, 1.165) is 9.99 Å². The van der Waals surface area contributed by atoms with Crippen LogP contribution in [0.25, 0.3) is 0 Å². The molecule has 0 aliphatic carbocycles. The Hall–Kier alpha value is -0.690. The summed E-state index contributed by atoms with van der Waals surface area (Å²) in [4.78, 5) is 11.1. The number of halogens is 2. The highest BCUT2D eigenvalue weighted by molar-refractivity contribution is 14.1. The Bertz CT molecular complexity index is 329. The Kier molecular flexibility index (Phi) is 6.32. The number of ether oxygens (including phenoxy) is 1. The van der Waals surface area contributed by atoms with Crippen LogP contribution in [0, 0.1) is 5.82 Å². The molecule has 0 unspecified atom stereocenters. The molecule has 0 heterocycles. The van der Waals surface area contributed by atoms with E-state index in [1.165, 1.54) is 12.1 Å². The van der Waals surface area contributed by atoms with Crippen molar-refractivity contribution in [2.45, 2.75) is 6.61 Å². The molecular weight excluding hydrogens is 324 g/mol. The van der Waals surface area contributed by atoms with Crippen molar-refractivity contribution >= 4 is 28.5 Å². The lowest BCUT2D eigenvalue weighted by atomic mass is 10.2. The molecule has 0 saturated heterocycles. The van der Waals surface area contributed by atoms with Crippen LogP contribution in [0.3, 0.4) is 0 Å². The summed E-state index contributed by atoms with van der Waals surface area (Å²) in [5.41, 5.74) is 0.850. The zero-order chi connectivity index (χ0) is 11.8. The maximum atomic E-state index is 12.6. The van der Waals surface area contributed by atoms with Gasteiger partial charge in [-0.1, -0.05) is 34.7 Å². The predicted molar refractivity (Wildman–Crippen MR) is 68.0 cm³/mol. The maximum Gasteiger partial charge on any atom is 0.246 e. The molecule has 1 aromatic rings. The van der Waals surface area contributed by atoms with Crippen LogP contribution in [0.2, 0.25) is 0 Å². The Morgan fingerprint density at radius 2 is 2.06 bits per heavy atom. The van der Waals surface area contributed by atoms with Gasteiger partial charge in [-0.25, -0.2) is 4.39 Å². The highest BCUT2D eigenvalue weighted by atomic mass is 127. The van der Waals surface area contributed by atoms with Gasteiger partial charge in [0.05, 0.1) is 6.61 Å². The van der Waals surface area contributed by atoms with Crippen molar-refractivity contribution in [3.05, 3.63) is 35.6 Å². The molecule has 0 fully saturated rings. The van der Waals surface area contributed by atoms with Gasteiger partial charge < -0.3 is 10.1 Å². The highest BCUT2D eigenvalue weighted by Gasteiger charge is 2.00. The zero-order valence-electron chi connectivity index (χ0n) is 8.71. The quantitative estimate of drug-likeness (QED) is 0.636. The van der Waals surface area contributed by atoms with Crippen molar-refractivity contribution in [1.82, 2.24) is 5.32 Å². The third kappa shape index (κ3) is 5.41. The molecule has 88 valence electrons. The molecule has 0 aliphatic heterocycles. The van der Waals surface area contributed by atoms with Crippen molar-refractivity contribution in [3.8, 4) is 0 Å². The summed E-state index contributed by atoms with van der Waals surface area (Å²) in [7, 11) is 0. The first-order chi connectivity index (χ1) is 7.72. The van der Waals surface area contributed by atoms with E-state index in [4.69, 9.17) is 4.74 Å². The number of carbonyl (C=O) groups excluding carboxylic acids is 1. The van der Waals surface area contributed by atoms with Crippen LogP contribution in [-0.2, 0) is 16.1 Å². The van der Waals surface area contributed by atoms with E-state index in [0.29, 0.717) is 13.2 Å². The molecule has 3 nitrogen and oxygen atoms in total. The summed E-state index contributed by atoms with van der Waals surface area (Å²) >= 11 is 2.18. The molecule has 0 saturated carbocycles. The van der Waals surface area contributed by atoms with Gasteiger partial charge >= 0.3 is 0 Å². The smallest absolute Gasteiger partial charge is 0.246 e. The third-order valence-corrected chi connectivity index (χ3v) is 2.37. The lowest BCUT2D eigenvalue weighted by Gasteiger charge is -2.05. The summed E-state index contributed by atoms with van der Waals surface area (Å²) in [6, 6.07) is 6.01. The van der Waals surface area contributed by atoms with E-state index < -0.39 is 0 Å². The largest absolute Gasteiger partial charge is 0.367 e. The second-order valence-electron chi connectivity index (χ2n) is 3.16. The van der Waals surface area contributed by atoms with Crippen molar-refractivity contribution in [2.75, 3.05) is 17.6 Å². The fourth-order valence-electron chi connectivity index (χ4n) is 1.08. The van der Waals surface area contributed by atoms with E-state index >= 15 is 0 Å². The van der Waals surface area contributed by atoms with Crippen LogP contribution in [0.4, 0.5) is 4.39 Å². The molecule has 0 spiro atoms. The van der Waals surface area contributed by atoms with Crippen molar-refractivity contribution < 1.29 is 13.9 Å². The molecule has 0 atom stereocenters. The van der Waals surface area contributed by atoms with E-state index in [9.17, 15) is 9.18 Å². The van der Waals surface area contributed by atoms with Gasteiger partial charge in [0.15, 0.2) is 0 Å². The second kappa shape index (κ2) is 7.56. The third-order valence-electron chi connectivity index (χ3n) is 1.83. The Balaban J connectivity index is 2.20. The van der Waals surface area contributed by atoms with Gasteiger partial charge in [-0.3, -0.25) is 4.79 Å². The molecule has 1 N–H and O–H groups in total. The normalized spacial score (nSPS) is 10.1. The first-order valence-corrected chi connectivity index (χ1v) is 6.40. The SMILES string of the molecule is O=C(COCc1ccc(F)cc1)NCCI. The second-order valence-corrected chi connectivity index (χ2v) is 4.24. The topological polar surface area (TPSA) is 38.3 Å². The van der Waals surface area contributed by atoms with Gasteiger partial charge in [-0.05, 0) is 17.7 Å². The molecule has 0 radical (unpaired) electrons. The molecule has 0 bridgehead atoms. The number of amides is 1. The highest BCUT2D eigenvalue weighted by Crippen LogP contribution is 2.03. The fraction of sp³-hybridized carbons (Fsp3) is 0.364. The lowest BCUT2D eigenvalue weighted by Crippen LogP contribution is -2.28. The maximum absolute atomic E-state index is 12.6. The molecule has 0 aliphatic rings. The molecular formula is C11H13FINO2. The number of rotatable bonds is 6. The number of benzene rings is 1. The fourth-order valence-corrected chi connectivity index (χ4v) is 1.35. The monoisotopic (exact) mass is 337 g/mol. The molecule has 0 aromatic heterocycles. The minimum absolute atomic E-state index is 0.0357. The minimum atomic E-state index is -0.275. The first kappa shape index (κ1) is 13.4. The van der Waals surface area contributed by atoms with Crippen LogP contribution < -0.4 is 5.32 Å². The lowest BCUT2D eigenvalue weighted by molar-refractivity contribution is -0.125. The van der Waals surface area contributed by atoms with E-state index in [1.54, 1.807) is 12.1 Å². The zero-order valence-corrected chi connectivity index (χ0v) is 10.9. The summed E-state index contributed by atoms with van der Waals surface area (Å²) in [5.74, 6) is -0.401. The van der Waals surface area contributed by atoms with Crippen molar-refractivity contribution in [3.63, 3.8) is 0 Å². The van der Waals surface area contributed by atoms with E-state index in [2.05, 4.69) is 27.9 Å². The van der Waals surface area contributed by atoms with Crippen LogP contribution in [0.15, 0.2) is 24.3 Å². The average molecular weight is 337 g/mol.